The molecule has 0 spiro atoms. The molecule has 3 nitrogen and oxygen atoms in total. The number of hydrogen-bond acceptors (Lipinski definition) is 2. The van der Waals surface area contributed by atoms with Crippen molar-refractivity contribution < 1.29 is 9.53 Å². The molecule has 1 amide bonds. The van der Waals surface area contributed by atoms with E-state index in [1.807, 2.05) is 6.92 Å². The van der Waals surface area contributed by atoms with Crippen molar-refractivity contribution in [3.05, 3.63) is 35.4 Å². The number of rotatable bonds is 5. The average Bonchev–Trinajstić information content (AvgIpc) is 2.27. The van der Waals surface area contributed by atoms with Gasteiger partial charge in [0.2, 0.25) is 5.91 Å². The van der Waals surface area contributed by atoms with E-state index in [4.69, 9.17) is 4.74 Å². The molecule has 1 rings (SSSR count). The molecule has 0 fully saturated rings. The van der Waals surface area contributed by atoms with Gasteiger partial charge in [-0.05, 0) is 18.9 Å². The van der Waals surface area contributed by atoms with E-state index in [2.05, 4.69) is 36.5 Å². The highest BCUT2D eigenvalue weighted by molar-refractivity contribution is 5.77. The number of hydrogen-bond donors (Lipinski definition) is 1. The maximum atomic E-state index is 11.4. The Balaban J connectivity index is 2.67. The number of benzene rings is 1. The van der Waals surface area contributed by atoms with E-state index < -0.39 is 0 Å². The second-order valence-electron chi connectivity index (χ2n) is 3.87. The predicted octanol–water partition coefficient (Wildman–Crippen LogP) is 2.21. The Morgan fingerprint density at radius 2 is 2.00 bits per heavy atom. The monoisotopic (exact) mass is 221 g/mol. The lowest BCUT2D eigenvalue weighted by molar-refractivity contribution is -0.125. The van der Waals surface area contributed by atoms with Gasteiger partial charge in [-0.25, -0.2) is 0 Å². The summed E-state index contributed by atoms with van der Waals surface area (Å²) in [4.78, 5) is 11.4. The summed E-state index contributed by atoms with van der Waals surface area (Å²) < 4.78 is 4.79. The third kappa shape index (κ3) is 3.66. The Morgan fingerprint density at radius 3 is 2.50 bits per heavy atom. The summed E-state index contributed by atoms with van der Waals surface area (Å²) in [6, 6.07) is 8.29. The molecule has 0 aliphatic heterocycles. The molecule has 0 saturated heterocycles. The van der Waals surface area contributed by atoms with Gasteiger partial charge >= 0.3 is 0 Å². The molecule has 0 aromatic heterocycles. The molecule has 0 heterocycles. The van der Waals surface area contributed by atoms with E-state index in [0.29, 0.717) is 0 Å². The van der Waals surface area contributed by atoms with Crippen molar-refractivity contribution in [1.82, 2.24) is 5.32 Å². The number of aryl methyl sites for hydroxylation is 1. The van der Waals surface area contributed by atoms with Gasteiger partial charge in [-0.1, -0.05) is 36.8 Å². The van der Waals surface area contributed by atoms with Crippen molar-refractivity contribution in [2.75, 3.05) is 13.7 Å². The summed E-state index contributed by atoms with van der Waals surface area (Å²) in [6.45, 7) is 4.22. The van der Waals surface area contributed by atoms with Gasteiger partial charge in [0, 0.05) is 7.11 Å². The van der Waals surface area contributed by atoms with Crippen LogP contribution in [0.2, 0.25) is 0 Å². The Morgan fingerprint density at radius 1 is 1.38 bits per heavy atom. The van der Waals surface area contributed by atoms with E-state index in [1.165, 1.54) is 12.7 Å². The van der Waals surface area contributed by atoms with Crippen LogP contribution < -0.4 is 5.32 Å². The van der Waals surface area contributed by atoms with Crippen LogP contribution in [0.25, 0.3) is 0 Å². The van der Waals surface area contributed by atoms with Gasteiger partial charge in [-0.15, -0.1) is 0 Å². The zero-order valence-electron chi connectivity index (χ0n) is 10.1. The fraction of sp³-hybridized carbons (Fsp3) is 0.462. The van der Waals surface area contributed by atoms with Crippen LogP contribution in [-0.4, -0.2) is 19.6 Å². The number of amides is 1. The molecule has 1 N–H and O–H groups in total. The van der Waals surface area contributed by atoms with Gasteiger partial charge in [0.05, 0.1) is 6.04 Å². The SMILES string of the molecule is CCC(NC(=O)COC)c1ccc(C)cc1. The van der Waals surface area contributed by atoms with Gasteiger partial charge in [-0.2, -0.15) is 0 Å². The molecule has 3 heteroatoms. The van der Waals surface area contributed by atoms with E-state index in [9.17, 15) is 4.79 Å². The Bertz CT molecular complexity index is 332. The normalized spacial score (nSPS) is 12.2. The first-order valence-corrected chi connectivity index (χ1v) is 5.52. The van der Waals surface area contributed by atoms with Gasteiger partial charge < -0.3 is 10.1 Å². The van der Waals surface area contributed by atoms with Crippen molar-refractivity contribution in [2.45, 2.75) is 26.3 Å². The quantitative estimate of drug-likeness (QED) is 0.827. The number of carbonyl (C=O) groups excluding carboxylic acids is 1. The lowest BCUT2D eigenvalue weighted by atomic mass is 10.0. The Hall–Kier alpha value is -1.35. The van der Waals surface area contributed by atoms with Crippen molar-refractivity contribution >= 4 is 5.91 Å². The maximum absolute atomic E-state index is 11.4. The van der Waals surface area contributed by atoms with Crippen molar-refractivity contribution in [1.29, 1.82) is 0 Å². The van der Waals surface area contributed by atoms with Crippen LogP contribution in [0.3, 0.4) is 0 Å². The zero-order valence-corrected chi connectivity index (χ0v) is 10.1. The number of carbonyl (C=O) groups is 1. The fourth-order valence-electron chi connectivity index (χ4n) is 1.59. The average molecular weight is 221 g/mol. The fourth-order valence-corrected chi connectivity index (χ4v) is 1.59. The van der Waals surface area contributed by atoms with E-state index in [1.54, 1.807) is 0 Å². The third-order valence-corrected chi connectivity index (χ3v) is 2.50. The number of nitrogens with one attached hydrogen (secondary N) is 1. The smallest absolute Gasteiger partial charge is 0.246 e. The van der Waals surface area contributed by atoms with Crippen molar-refractivity contribution in [2.24, 2.45) is 0 Å². The number of methoxy groups -OCH3 is 1. The highest BCUT2D eigenvalue weighted by atomic mass is 16.5. The van der Waals surface area contributed by atoms with Crippen LogP contribution in [0.15, 0.2) is 24.3 Å². The first-order chi connectivity index (χ1) is 7.67. The summed E-state index contributed by atoms with van der Waals surface area (Å²) >= 11 is 0. The Kier molecular flexibility index (Phi) is 4.99. The van der Waals surface area contributed by atoms with Crippen molar-refractivity contribution in [3.8, 4) is 0 Å². The molecule has 88 valence electrons. The summed E-state index contributed by atoms with van der Waals surface area (Å²) in [7, 11) is 1.52. The van der Waals surface area contributed by atoms with Crippen LogP contribution in [-0.2, 0) is 9.53 Å². The predicted molar refractivity (Wildman–Crippen MR) is 64.2 cm³/mol. The molecular formula is C13H19NO2. The molecule has 0 aliphatic rings. The molecule has 0 bridgehead atoms. The van der Waals surface area contributed by atoms with E-state index >= 15 is 0 Å². The van der Waals surface area contributed by atoms with Gasteiger partial charge in [0.1, 0.15) is 6.61 Å². The molecule has 1 aromatic carbocycles. The number of ether oxygens (including phenoxy) is 1. The summed E-state index contributed by atoms with van der Waals surface area (Å²) in [5.41, 5.74) is 2.36. The standard InChI is InChI=1S/C13H19NO2/c1-4-12(14-13(15)9-16-3)11-7-5-10(2)6-8-11/h5-8,12H,4,9H2,1-3H3,(H,14,15). The zero-order chi connectivity index (χ0) is 12.0. The molecular weight excluding hydrogens is 202 g/mol. The topological polar surface area (TPSA) is 38.3 Å². The third-order valence-electron chi connectivity index (χ3n) is 2.50. The van der Waals surface area contributed by atoms with Crippen LogP contribution in [0.4, 0.5) is 0 Å². The van der Waals surface area contributed by atoms with Crippen molar-refractivity contribution in [3.63, 3.8) is 0 Å². The van der Waals surface area contributed by atoms with Gasteiger partial charge in [0.25, 0.3) is 0 Å². The van der Waals surface area contributed by atoms with E-state index in [0.717, 1.165) is 12.0 Å². The minimum Gasteiger partial charge on any atom is -0.375 e. The van der Waals surface area contributed by atoms with Crippen LogP contribution in [0.1, 0.15) is 30.5 Å². The highest BCUT2D eigenvalue weighted by Gasteiger charge is 2.11. The lowest BCUT2D eigenvalue weighted by Gasteiger charge is -2.17. The van der Waals surface area contributed by atoms with E-state index in [-0.39, 0.29) is 18.6 Å². The van der Waals surface area contributed by atoms with Gasteiger partial charge in [0.15, 0.2) is 0 Å². The van der Waals surface area contributed by atoms with Crippen LogP contribution in [0, 0.1) is 6.92 Å². The summed E-state index contributed by atoms with van der Waals surface area (Å²) in [5, 5.41) is 2.94. The largest absolute Gasteiger partial charge is 0.375 e. The van der Waals surface area contributed by atoms with Crippen LogP contribution >= 0.6 is 0 Å². The van der Waals surface area contributed by atoms with Gasteiger partial charge in [-0.3, -0.25) is 4.79 Å². The summed E-state index contributed by atoms with van der Waals surface area (Å²) in [6.07, 6.45) is 0.874. The maximum Gasteiger partial charge on any atom is 0.246 e. The lowest BCUT2D eigenvalue weighted by Crippen LogP contribution is -2.31. The second kappa shape index (κ2) is 6.28. The summed E-state index contributed by atoms with van der Waals surface area (Å²) in [5.74, 6) is -0.0741. The molecule has 0 aliphatic carbocycles. The highest BCUT2D eigenvalue weighted by Crippen LogP contribution is 2.16. The molecule has 1 atom stereocenters. The first kappa shape index (κ1) is 12.7. The molecule has 0 radical (unpaired) electrons. The van der Waals surface area contributed by atoms with Crippen LogP contribution in [0.5, 0.6) is 0 Å². The molecule has 0 saturated carbocycles. The molecule has 16 heavy (non-hydrogen) atoms. The second-order valence-corrected chi connectivity index (χ2v) is 3.87. The molecule has 1 unspecified atom stereocenters. The minimum atomic E-state index is -0.0741. The Labute approximate surface area is 96.8 Å². The first-order valence-electron chi connectivity index (χ1n) is 5.52. The molecule has 1 aromatic rings. The minimum absolute atomic E-state index is 0.0725.